The molecule has 5 nitrogen and oxygen atoms in total. The number of hydrogen-bond donors (Lipinski definition) is 1. The summed E-state index contributed by atoms with van der Waals surface area (Å²) in [6.45, 7) is 5.58. The Kier molecular flexibility index (Phi) is 4.82. The smallest absolute Gasteiger partial charge is 0.264 e. The molecule has 1 aromatic carbocycles. The molecule has 1 fully saturated rings. The zero-order valence-corrected chi connectivity index (χ0v) is 14.3. The molecule has 23 heavy (non-hydrogen) atoms. The van der Waals surface area contributed by atoms with E-state index in [1.54, 1.807) is 0 Å². The molecule has 0 aromatic heterocycles. The lowest BCUT2D eigenvalue weighted by Crippen LogP contribution is -2.32. The van der Waals surface area contributed by atoms with Gasteiger partial charge in [-0.15, -0.1) is 0 Å². The molecule has 0 unspecified atom stereocenters. The van der Waals surface area contributed by atoms with E-state index < -0.39 is 10.0 Å². The average Bonchev–Trinajstić information content (AvgIpc) is 2.78. The third kappa shape index (κ3) is 3.64. The summed E-state index contributed by atoms with van der Waals surface area (Å²) in [5.74, 6) is 0.487. The number of nitrogens with zero attached hydrogens (tertiary/aromatic N) is 2. The van der Waals surface area contributed by atoms with Gasteiger partial charge < -0.3 is 4.90 Å². The summed E-state index contributed by atoms with van der Waals surface area (Å²) >= 11 is 0. The number of piperidine rings is 1. The molecule has 0 atom stereocenters. The van der Waals surface area contributed by atoms with Crippen LogP contribution in [0.25, 0.3) is 4.91 Å². The minimum absolute atomic E-state index is 0.342. The van der Waals surface area contributed by atoms with E-state index in [9.17, 15) is 8.42 Å². The normalized spacial score (nSPS) is 23.3. The molecule has 124 valence electrons. The molecule has 0 saturated carbocycles. The summed E-state index contributed by atoms with van der Waals surface area (Å²) in [5, 5.41) is 0. The summed E-state index contributed by atoms with van der Waals surface area (Å²) in [6, 6.07) is 9.19. The largest absolute Gasteiger partial charge is 0.301 e. The van der Waals surface area contributed by atoms with Crippen LogP contribution in [0.2, 0.25) is 0 Å². The second-order valence-electron chi connectivity index (χ2n) is 6.06. The van der Waals surface area contributed by atoms with Gasteiger partial charge in [-0.05, 0) is 38.4 Å². The van der Waals surface area contributed by atoms with Crippen LogP contribution in [-0.4, -0.2) is 45.3 Å². The van der Waals surface area contributed by atoms with Crippen molar-refractivity contribution in [2.45, 2.75) is 26.2 Å². The van der Waals surface area contributed by atoms with Crippen LogP contribution in [0.4, 0.5) is 0 Å². The van der Waals surface area contributed by atoms with E-state index >= 15 is 0 Å². The number of benzene rings is 1. The monoisotopic (exact) mass is 333 g/mol. The fourth-order valence-corrected chi connectivity index (χ4v) is 4.68. The van der Waals surface area contributed by atoms with Gasteiger partial charge in [-0.2, -0.15) is 0 Å². The van der Waals surface area contributed by atoms with E-state index in [0.29, 0.717) is 28.4 Å². The number of sulfonamides is 1. The Bertz CT molecular complexity index is 717. The Morgan fingerprint density at radius 3 is 2.52 bits per heavy atom. The van der Waals surface area contributed by atoms with Crippen LogP contribution in [0.5, 0.6) is 0 Å². The topological polar surface area (TPSA) is 61.8 Å². The number of aliphatic imine (C=N–C) groups is 1. The van der Waals surface area contributed by atoms with Crippen molar-refractivity contribution in [2.24, 2.45) is 4.99 Å². The van der Waals surface area contributed by atoms with Crippen molar-refractivity contribution in [3.8, 4) is 0 Å². The predicted octanol–water partition coefficient (Wildman–Crippen LogP) is 2.24. The quantitative estimate of drug-likeness (QED) is 0.919. The van der Waals surface area contributed by atoms with Crippen LogP contribution in [0.3, 0.4) is 0 Å². The molecule has 6 heteroatoms. The Balaban J connectivity index is 1.76. The zero-order chi connectivity index (χ0) is 16.3. The number of hydrogen-bond acceptors (Lipinski definition) is 4. The van der Waals surface area contributed by atoms with Gasteiger partial charge in [0.2, 0.25) is 0 Å². The molecule has 2 aliphatic rings. The van der Waals surface area contributed by atoms with Crippen molar-refractivity contribution >= 4 is 20.8 Å². The highest BCUT2D eigenvalue weighted by Gasteiger charge is 2.32. The lowest BCUT2D eigenvalue weighted by atomic mass is 10.1. The molecule has 0 amide bonds. The lowest BCUT2D eigenvalue weighted by molar-refractivity contribution is 0.235. The molecule has 0 aliphatic carbocycles. The van der Waals surface area contributed by atoms with E-state index in [2.05, 4.69) is 14.6 Å². The first kappa shape index (κ1) is 16.2. The van der Waals surface area contributed by atoms with Crippen molar-refractivity contribution < 1.29 is 8.42 Å². The second kappa shape index (κ2) is 6.84. The van der Waals surface area contributed by atoms with E-state index in [1.165, 1.54) is 19.3 Å². The fraction of sp³-hybridized carbons (Fsp3) is 0.471. The lowest BCUT2D eigenvalue weighted by Gasteiger charge is -2.25. The molecule has 2 heterocycles. The molecular weight excluding hydrogens is 310 g/mol. The number of nitrogens with one attached hydrogen (secondary N) is 1. The van der Waals surface area contributed by atoms with Gasteiger partial charge in [-0.25, -0.2) is 8.42 Å². The molecule has 1 aromatic rings. The highest BCUT2D eigenvalue weighted by molar-refractivity contribution is 8.00. The first-order valence-electron chi connectivity index (χ1n) is 8.14. The summed E-state index contributed by atoms with van der Waals surface area (Å²) in [5.41, 5.74) is 1.41. The van der Waals surface area contributed by atoms with Crippen LogP contribution in [0.1, 0.15) is 31.7 Å². The fourth-order valence-electron chi connectivity index (χ4n) is 3.16. The minimum atomic E-state index is -3.51. The second-order valence-corrected chi connectivity index (χ2v) is 7.68. The summed E-state index contributed by atoms with van der Waals surface area (Å²) in [4.78, 5) is 7.24. The molecule has 0 bridgehead atoms. The predicted molar refractivity (Wildman–Crippen MR) is 93.7 cm³/mol. The van der Waals surface area contributed by atoms with E-state index in [4.69, 9.17) is 0 Å². The molecule has 1 saturated heterocycles. The molecule has 0 radical (unpaired) electrons. The molecule has 0 spiro atoms. The maximum atomic E-state index is 12.4. The van der Waals surface area contributed by atoms with Gasteiger partial charge in [0.15, 0.2) is 0 Å². The summed E-state index contributed by atoms with van der Waals surface area (Å²) < 4.78 is 27.4. The van der Waals surface area contributed by atoms with E-state index in [-0.39, 0.29) is 0 Å². The van der Waals surface area contributed by atoms with Crippen molar-refractivity contribution in [2.75, 3.05) is 26.2 Å². The average molecular weight is 333 g/mol. The van der Waals surface area contributed by atoms with Crippen molar-refractivity contribution in [1.82, 2.24) is 9.62 Å². The highest BCUT2D eigenvalue weighted by Crippen LogP contribution is 2.29. The number of likely N-dealkylation sites (tertiary alicyclic amines) is 1. The SMILES string of the molecule is CC1=C(c2ccccc2)S(=O)(=O)NC1=NCCN1CCCCC1. The van der Waals surface area contributed by atoms with Crippen LogP contribution in [0, 0.1) is 0 Å². The van der Waals surface area contributed by atoms with Crippen molar-refractivity contribution in [3.05, 3.63) is 41.5 Å². The highest BCUT2D eigenvalue weighted by atomic mass is 32.2. The van der Waals surface area contributed by atoms with Crippen LogP contribution >= 0.6 is 0 Å². The third-order valence-corrected chi connectivity index (χ3v) is 5.91. The minimum Gasteiger partial charge on any atom is -0.301 e. The first-order valence-corrected chi connectivity index (χ1v) is 9.62. The van der Waals surface area contributed by atoms with Crippen LogP contribution < -0.4 is 4.72 Å². The van der Waals surface area contributed by atoms with Gasteiger partial charge in [0.25, 0.3) is 10.0 Å². The van der Waals surface area contributed by atoms with Gasteiger partial charge in [0, 0.05) is 12.1 Å². The standard InChI is InChI=1S/C17H23N3O2S/c1-14-16(15-8-4-2-5-9-15)23(21,22)19-17(14)18-10-13-20-11-6-3-7-12-20/h2,4-5,8-9H,3,6-7,10-13H2,1H3,(H,18,19). The Labute approximate surface area is 138 Å². The Hall–Kier alpha value is -1.66. The van der Waals surface area contributed by atoms with Crippen molar-refractivity contribution in [1.29, 1.82) is 0 Å². The first-order chi connectivity index (χ1) is 11.1. The van der Waals surface area contributed by atoms with Gasteiger partial charge in [-0.1, -0.05) is 36.8 Å². The van der Waals surface area contributed by atoms with Gasteiger partial charge in [-0.3, -0.25) is 9.71 Å². The van der Waals surface area contributed by atoms with E-state index in [1.807, 2.05) is 37.3 Å². The number of amidine groups is 1. The van der Waals surface area contributed by atoms with Gasteiger partial charge >= 0.3 is 0 Å². The molecule has 1 N–H and O–H groups in total. The van der Waals surface area contributed by atoms with Gasteiger partial charge in [0.1, 0.15) is 10.7 Å². The summed E-state index contributed by atoms with van der Waals surface area (Å²) in [6.07, 6.45) is 3.81. The zero-order valence-electron chi connectivity index (χ0n) is 13.5. The van der Waals surface area contributed by atoms with Crippen LogP contribution in [-0.2, 0) is 10.0 Å². The van der Waals surface area contributed by atoms with Crippen molar-refractivity contribution in [3.63, 3.8) is 0 Å². The Morgan fingerprint density at radius 1 is 1.13 bits per heavy atom. The molecule has 2 aliphatic heterocycles. The maximum absolute atomic E-state index is 12.4. The van der Waals surface area contributed by atoms with Crippen LogP contribution in [0.15, 0.2) is 40.9 Å². The molecular formula is C17H23N3O2S. The molecule has 3 rings (SSSR count). The Morgan fingerprint density at radius 2 is 1.83 bits per heavy atom. The number of rotatable bonds is 4. The maximum Gasteiger partial charge on any atom is 0.264 e. The van der Waals surface area contributed by atoms with Gasteiger partial charge in [0.05, 0.1) is 6.54 Å². The summed E-state index contributed by atoms with van der Waals surface area (Å²) in [7, 11) is -3.51. The third-order valence-electron chi connectivity index (χ3n) is 4.37. The van der Waals surface area contributed by atoms with E-state index in [0.717, 1.165) is 19.6 Å².